The molecular weight excluding hydrogens is 625 g/mol. The van der Waals surface area contributed by atoms with E-state index in [-0.39, 0.29) is 23.0 Å². The van der Waals surface area contributed by atoms with Crippen molar-refractivity contribution in [3.8, 4) is 10.6 Å². The summed E-state index contributed by atoms with van der Waals surface area (Å²) in [5.74, 6) is -0.283. The predicted molar refractivity (Wildman–Crippen MR) is 180 cm³/mol. The van der Waals surface area contributed by atoms with Gasteiger partial charge in [0.05, 0.1) is 27.3 Å². The first kappa shape index (κ1) is 30.2. The number of rotatable bonds is 7. The fourth-order valence-corrected chi connectivity index (χ4v) is 10.1. The maximum Gasteiger partial charge on any atom is 0.256 e. The van der Waals surface area contributed by atoms with Gasteiger partial charge in [0, 0.05) is 48.7 Å². The molecule has 2 aliphatic heterocycles. The van der Waals surface area contributed by atoms with Gasteiger partial charge in [0.1, 0.15) is 10.0 Å². The van der Waals surface area contributed by atoms with Crippen LogP contribution < -0.4 is 5.32 Å². The minimum atomic E-state index is -3.70. The number of benzene rings is 3. The molecule has 0 radical (unpaired) electrons. The SMILES string of the molecule is CC1CN(S(=O)(=O)c2ccc(C(=O)Nc3sc4c(c3-c3nc5ccccc5s3)CCN(Cc3ccccc3)C4)cc2)CC(C)O1. The number of nitrogens with one attached hydrogen (secondary N) is 1. The molecule has 7 rings (SSSR count). The zero-order valence-electron chi connectivity index (χ0n) is 25.1. The highest BCUT2D eigenvalue weighted by molar-refractivity contribution is 7.89. The van der Waals surface area contributed by atoms with Gasteiger partial charge in [-0.15, -0.1) is 22.7 Å². The average Bonchev–Trinajstić information content (AvgIpc) is 3.61. The molecule has 2 aromatic heterocycles. The van der Waals surface area contributed by atoms with Crippen LogP contribution in [-0.4, -0.2) is 60.4 Å². The molecule has 2 atom stereocenters. The number of ether oxygens (including phenoxy) is 1. The predicted octanol–water partition coefficient (Wildman–Crippen LogP) is 6.63. The Hall–Kier alpha value is -3.45. The van der Waals surface area contributed by atoms with Crippen molar-refractivity contribution in [2.45, 2.75) is 50.5 Å². The van der Waals surface area contributed by atoms with Crippen molar-refractivity contribution < 1.29 is 17.9 Å². The fraction of sp³-hybridized carbons (Fsp3) is 0.294. The molecule has 1 amide bonds. The van der Waals surface area contributed by atoms with Crippen LogP contribution in [0.25, 0.3) is 20.8 Å². The Bertz CT molecular complexity index is 1910. The zero-order valence-corrected chi connectivity index (χ0v) is 27.6. The standard InChI is InChI=1S/C34H34N4O4S3/c1-22-18-38(19-23(2)42-22)45(40,41)26-14-12-25(13-15-26)32(39)36-34-31(33-35-28-10-6-7-11-29(28)43-33)27-16-17-37(21-30(27)44-34)20-24-8-4-3-5-9-24/h3-15,22-23H,16-21H2,1-2H3,(H,36,39). The van der Waals surface area contributed by atoms with Crippen molar-refractivity contribution in [3.05, 3.63) is 100 Å². The molecule has 0 aliphatic carbocycles. The highest BCUT2D eigenvalue weighted by Crippen LogP contribution is 2.46. The number of morpholine rings is 1. The molecule has 0 bridgehead atoms. The van der Waals surface area contributed by atoms with Crippen LogP contribution in [0.15, 0.2) is 83.8 Å². The van der Waals surface area contributed by atoms with Gasteiger partial charge in [0.15, 0.2) is 0 Å². The van der Waals surface area contributed by atoms with E-state index in [9.17, 15) is 13.2 Å². The third-order valence-electron chi connectivity index (χ3n) is 8.26. The highest BCUT2D eigenvalue weighted by atomic mass is 32.2. The molecule has 0 saturated carbocycles. The lowest BCUT2D eigenvalue weighted by molar-refractivity contribution is -0.0440. The van der Waals surface area contributed by atoms with Gasteiger partial charge < -0.3 is 10.1 Å². The first-order valence-corrected chi connectivity index (χ1v) is 18.2. The Kier molecular flexibility index (Phi) is 8.32. The number of aromatic nitrogens is 1. The van der Waals surface area contributed by atoms with Gasteiger partial charge in [-0.25, -0.2) is 13.4 Å². The number of carbonyl (C=O) groups excluding carboxylic acids is 1. The molecule has 8 nitrogen and oxygen atoms in total. The third-order valence-corrected chi connectivity index (χ3v) is 12.3. The Morgan fingerprint density at radius 3 is 2.40 bits per heavy atom. The molecular formula is C34H34N4O4S3. The summed E-state index contributed by atoms with van der Waals surface area (Å²) in [6.45, 7) is 6.93. The van der Waals surface area contributed by atoms with Crippen LogP contribution in [-0.2, 0) is 34.3 Å². The number of carbonyl (C=O) groups is 1. The van der Waals surface area contributed by atoms with Crippen molar-refractivity contribution in [1.29, 1.82) is 0 Å². The second kappa shape index (κ2) is 12.4. The first-order chi connectivity index (χ1) is 21.7. The van der Waals surface area contributed by atoms with Gasteiger partial charge in [0.2, 0.25) is 10.0 Å². The third kappa shape index (κ3) is 6.20. The molecule has 3 aromatic carbocycles. The number of sulfonamides is 1. The van der Waals surface area contributed by atoms with Gasteiger partial charge in [0.25, 0.3) is 5.91 Å². The van der Waals surface area contributed by atoms with Gasteiger partial charge in [-0.2, -0.15) is 4.31 Å². The second-order valence-corrected chi connectivity index (χ2v) is 15.8. The summed E-state index contributed by atoms with van der Waals surface area (Å²) in [6.07, 6.45) is 0.506. The number of anilines is 1. The summed E-state index contributed by atoms with van der Waals surface area (Å²) in [6, 6.07) is 24.8. The quantitative estimate of drug-likeness (QED) is 0.211. The van der Waals surface area contributed by atoms with Gasteiger partial charge >= 0.3 is 0 Å². The van der Waals surface area contributed by atoms with Crippen molar-refractivity contribution >= 4 is 53.8 Å². The lowest BCUT2D eigenvalue weighted by Crippen LogP contribution is -2.48. The minimum absolute atomic E-state index is 0.167. The molecule has 1 saturated heterocycles. The van der Waals surface area contributed by atoms with Crippen LogP contribution in [0.3, 0.4) is 0 Å². The number of thiazole rings is 1. The Balaban J connectivity index is 1.16. The molecule has 1 fully saturated rings. The fourth-order valence-electron chi connectivity index (χ4n) is 6.16. The summed E-state index contributed by atoms with van der Waals surface area (Å²) >= 11 is 3.25. The van der Waals surface area contributed by atoms with E-state index in [4.69, 9.17) is 9.72 Å². The molecule has 45 heavy (non-hydrogen) atoms. The van der Waals surface area contributed by atoms with E-state index >= 15 is 0 Å². The van der Waals surface area contributed by atoms with Crippen LogP contribution in [0.4, 0.5) is 5.00 Å². The summed E-state index contributed by atoms with van der Waals surface area (Å²) in [4.78, 5) is 22.4. The lowest BCUT2D eigenvalue weighted by atomic mass is 10.0. The summed E-state index contributed by atoms with van der Waals surface area (Å²) in [7, 11) is -3.70. The molecule has 232 valence electrons. The Labute approximate surface area is 271 Å². The van der Waals surface area contributed by atoms with Crippen molar-refractivity contribution in [2.75, 3.05) is 25.0 Å². The molecule has 5 aromatic rings. The second-order valence-electron chi connectivity index (χ2n) is 11.7. The number of fused-ring (bicyclic) bond motifs is 2. The van der Waals surface area contributed by atoms with Crippen molar-refractivity contribution in [1.82, 2.24) is 14.2 Å². The number of hydrogen-bond acceptors (Lipinski definition) is 8. The molecule has 4 heterocycles. The Morgan fingerprint density at radius 2 is 1.67 bits per heavy atom. The number of thiophene rings is 1. The molecule has 2 aliphatic rings. The van der Waals surface area contributed by atoms with E-state index in [2.05, 4.69) is 40.5 Å². The normalized spacial score (nSPS) is 19.4. The van der Waals surface area contributed by atoms with E-state index in [0.717, 1.165) is 51.8 Å². The van der Waals surface area contributed by atoms with Crippen LogP contribution in [0.2, 0.25) is 0 Å². The number of para-hydroxylation sites is 1. The van der Waals surface area contributed by atoms with Gasteiger partial charge in [-0.05, 0) is 67.8 Å². The highest BCUT2D eigenvalue weighted by Gasteiger charge is 2.33. The summed E-state index contributed by atoms with van der Waals surface area (Å²) in [5.41, 5.74) is 4.86. The van der Waals surface area contributed by atoms with E-state index < -0.39 is 10.0 Å². The Morgan fingerprint density at radius 1 is 0.956 bits per heavy atom. The molecule has 1 N–H and O–H groups in total. The lowest BCUT2D eigenvalue weighted by Gasteiger charge is -2.34. The summed E-state index contributed by atoms with van der Waals surface area (Å²) in [5, 5.41) is 4.85. The maximum atomic E-state index is 13.6. The average molecular weight is 659 g/mol. The zero-order chi connectivity index (χ0) is 31.1. The molecule has 0 spiro atoms. The number of nitrogens with zero attached hydrogens (tertiary/aromatic N) is 3. The van der Waals surface area contributed by atoms with Gasteiger partial charge in [-0.1, -0.05) is 42.5 Å². The van der Waals surface area contributed by atoms with E-state index in [1.807, 2.05) is 38.1 Å². The van der Waals surface area contributed by atoms with E-state index in [1.165, 1.54) is 32.4 Å². The van der Waals surface area contributed by atoms with E-state index in [1.54, 1.807) is 34.8 Å². The van der Waals surface area contributed by atoms with Crippen LogP contribution in [0.1, 0.15) is 40.2 Å². The van der Waals surface area contributed by atoms with Crippen LogP contribution in [0, 0.1) is 0 Å². The summed E-state index contributed by atoms with van der Waals surface area (Å²) < 4.78 is 35.0. The van der Waals surface area contributed by atoms with E-state index in [0.29, 0.717) is 18.7 Å². The van der Waals surface area contributed by atoms with Crippen LogP contribution in [0.5, 0.6) is 0 Å². The number of hydrogen-bond donors (Lipinski definition) is 1. The smallest absolute Gasteiger partial charge is 0.256 e. The minimum Gasteiger partial charge on any atom is -0.373 e. The van der Waals surface area contributed by atoms with Gasteiger partial charge in [-0.3, -0.25) is 9.69 Å². The number of amides is 1. The first-order valence-electron chi connectivity index (χ1n) is 15.1. The monoisotopic (exact) mass is 658 g/mol. The maximum absolute atomic E-state index is 13.6. The molecule has 11 heteroatoms. The van der Waals surface area contributed by atoms with Crippen molar-refractivity contribution in [2.24, 2.45) is 0 Å². The van der Waals surface area contributed by atoms with Crippen molar-refractivity contribution in [3.63, 3.8) is 0 Å². The molecule has 2 unspecified atom stereocenters. The van der Waals surface area contributed by atoms with Crippen LogP contribution >= 0.6 is 22.7 Å². The topological polar surface area (TPSA) is 91.8 Å². The largest absolute Gasteiger partial charge is 0.373 e.